The van der Waals surface area contributed by atoms with E-state index in [4.69, 9.17) is 9.47 Å². The van der Waals surface area contributed by atoms with Crippen molar-refractivity contribution >= 4 is 17.6 Å². The molecule has 23 heavy (non-hydrogen) atoms. The molecule has 1 aliphatic rings. The van der Waals surface area contributed by atoms with Gasteiger partial charge in [0.25, 0.3) is 5.91 Å². The van der Waals surface area contributed by atoms with E-state index in [-0.39, 0.29) is 11.9 Å². The zero-order valence-corrected chi connectivity index (χ0v) is 12.9. The molecule has 118 valence electrons. The molecule has 1 saturated heterocycles. The average Bonchev–Trinajstić information content (AvgIpc) is 2.58. The highest BCUT2D eigenvalue weighted by molar-refractivity contribution is 6.06. The summed E-state index contributed by atoms with van der Waals surface area (Å²) in [5.41, 5.74) is 1.67. The molecule has 1 fully saturated rings. The first-order valence-electron chi connectivity index (χ1n) is 7.31. The smallest absolute Gasteiger partial charge is 0.303 e. The number of rotatable bonds is 4. The van der Waals surface area contributed by atoms with Gasteiger partial charge in [0.2, 0.25) is 6.10 Å². The van der Waals surface area contributed by atoms with Crippen LogP contribution in [0.1, 0.15) is 18.5 Å². The third-order valence-corrected chi connectivity index (χ3v) is 3.83. The van der Waals surface area contributed by atoms with Crippen LogP contribution in [0.5, 0.6) is 5.75 Å². The summed E-state index contributed by atoms with van der Waals surface area (Å²) < 4.78 is 10.3. The highest BCUT2D eigenvalue weighted by atomic mass is 16.6. The summed E-state index contributed by atoms with van der Waals surface area (Å²) in [6.07, 6.45) is -0.781. The zero-order chi connectivity index (χ0) is 16.4. The number of β-lactam (4-membered cyclic amide) rings is 1. The molecule has 0 N–H and O–H groups in total. The van der Waals surface area contributed by atoms with Crippen molar-refractivity contribution in [3.8, 4) is 5.75 Å². The van der Waals surface area contributed by atoms with Crippen molar-refractivity contribution in [3.05, 3.63) is 60.2 Å². The number of esters is 1. The van der Waals surface area contributed by atoms with Gasteiger partial charge in [-0.3, -0.25) is 14.5 Å². The fraction of sp³-hybridized carbons (Fsp3) is 0.222. The van der Waals surface area contributed by atoms with Crippen LogP contribution in [-0.2, 0) is 14.3 Å². The summed E-state index contributed by atoms with van der Waals surface area (Å²) >= 11 is 0. The van der Waals surface area contributed by atoms with Crippen molar-refractivity contribution < 1.29 is 19.1 Å². The Bertz CT molecular complexity index is 712. The van der Waals surface area contributed by atoms with Crippen LogP contribution in [0.2, 0.25) is 0 Å². The highest BCUT2D eigenvalue weighted by Gasteiger charge is 2.51. The molecule has 0 unspecified atom stereocenters. The minimum atomic E-state index is -0.781. The number of methoxy groups -OCH3 is 1. The van der Waals surface area contributed by atoms with E-state index in [1.807, 2.05) is 42.5 Å². The van der Waals surface area contributed by atoms with Crippen LogP contribution in [0, 0.1) is 0 Å². The van der Waals surface area contributed by atoms with Crippen molar-refractivity contribution in [1.29, 1.82) is 0 Å². The molecule has 5 heteroatoms. The van der Waals surface area contributed by atoms with Gasteiger partial charge in [0.05, 0.1) is 7.11 Å². The van der Waals surface area contributed by atoms with E-state index >= 15 is 0 Å². The van der Waals surface area contributed by atoms with E-state index in [1.54, 1.807) is 24.1 Å². The standard InChI is InChI=1S/C18H17NO4/c1-12(20)23-17-16(13-6-4-3-5-7-13)19(18(17)21)14-8-10-15(22-2)11-9-14/h3-11,16-17H,1-2H3/t16-,17-/m1/s1. The van der Waals surface area contributed by atoms with Crippen molar-refractivity contribution in [2.45, 2.75) is 19.1 Å². The molecule has 1 heterocycles. The van der Waals surface area contributed by atoms with E-state index in [2.05, 4.69) is 0 Å². The molecule has 0 radical (unpaired) electrons. The van der Waals surface area contributed by atoms with Gasteiger partial charge in [-0.15, -0.1) is 0 Å². The number of hydrogen-bond acceptors (Lipinski definition) is 4. The molecule has 2 aromatic rings. The molecule has 0 bridgehead atoms. The number of carbonyl (C=O) groups excluding carboxylic acids is 2. The van der Waals surface area contributed by atoms with Gasteiger partial charge in [0.15, 0.2) is 0 Å². The maximum Gasteiger partial charge on any atom is 0.303 e. The number of ether oxygens (including phenoxy) is 2. The summed E-state index contributed by atoms with van der Waals surface area (Å²) in [5, 5.41) is 0. The topological polar surface area (TPSA) is 55.8 Å². The van der Waals surface area contributed by atoms with Crippen LogP contribution >= 0.6 is 0 Å². The molecule has 2 atom stereocenters. The molecular formula is C18H17NO4. The summed E-state index contributed by atoms with van der Waals surface area (Å²) in [7, 11) is 1.59. The van der Waals surface area contributed by atoms with Crippen molar-refractivity contribution in [1.82, 2.24) is 0 Å². The number of carbonyl (C=O) groups is 2. The number of benzene rings is 2. The van der Waals surface area contributed by atoms with E-state index in [1.165, 1.54) is 6.92 Å². The quantitative estimate of drug-likeness (QED) is 0.643. The fourth-order valence-electron chi connectivity index (χ4n) is 2.76. The molecule has 0 aliphatic carbocycles. The Morgan fingerprint density at radius 3 is 2.26 bits per heavy atom. The van der Waals surface area contributed by atoms with Crippen molar-refractivity contribution in [2.75, 3.05) is 12.0 Å². The van der Waals surface area contributed by atoms with Gasteiger partial charge in [-0.25, -0.2) is 0 Å². The van der Waals surface area contributed by atoms with Crippen LogP contribution in [-0.4, -0.2) is 25.1 Å². The molecule has 0 aromatic heterocycles. The predicted octanol–water partition coefficient (Wildman–Crippen LogP) is 2.71. The first-order valence-corrected chi connectivity index (χ1v) is 7.31. The van der Waals surface area contributed by atoms with E-state index < -0.39 is 12.1 Å². The van der Waals surface area contributed by atoms with Crippen molar-refractivity contribution in [2.24, 2.45) is 0 Å². The molecule has 5 nitrogen and oxygen atoms in total. The second-order valence-electron chi connectivity index (χ2n) is 5.29. The van der Waals surface area contributed by atoms with Gasteiger partial charge in [0.1, 0.15) is 11.8 Å². The first-order chi connectivity index (χ1) is 11.1. The van der Waals surface area contributed by atoms with Gasteiger partial charge in [-0.1, -0.05) is 30.3 Å². The van der Waals surface area contributed by atoms with Crippen LogP contribution < -0.4 is 9.64 Å². The Kier molecular flexibility index (Phi) is 4.02. The molecule has 0 saturated carbocycles. The van der Waals surface area contributed by atoms with Crippen LogP contribution in [0.4, 0.5) is 5.69 Å². The van der Waals surface area contributed by atoms with Crippen molar-refractivity contribution in [3.63, 3.8) is 0 Å². The number of amides is 1. The summed E-state index contributed by atoms with van der Waals surface area (Å²) in [5.74, 6) is 0.0346. The van der Waals surface area contributed by atoms with E-state index in [9.17, 15) is 9.59 Å². The predicted molar refractivity (Wildman–Crippen MR) is 85.2 cm³/mol. The minimum absolute atomic E-state index is 0.223. The van der Waals surface area contributed by atoms with Gasteiger partial charge < -0.3 is 9.47 Å². The first kappa shape index (κ1) is 15.1. The maximum atomic E-state index is 12.5. The van der Waals surface area contributed by atoms with Crippen LogP contribution in [0.15, 0.2) is 54.6 Å². The number of anilines is 1. The third-order valence-electron chi connectivity index (χ3n) is 3.83. The maximum absolute atomic E-state index is 12.5. The number of nitrogens with zero attached hydrogens (tertiary/aromatic N) is 1. The van der Waals surface area contributed by atoms with Gasteiger partial charge in [-0.2, -0.15) is 0 Å². The second kappa shape index (κ2) is 6.12. The fourth-order valence-corrected chi connectivity index (χ4v) is 2.76. The molecule has 0 spiro atoms. The Morgan fingerprint density at radius 2 is 1.70 bits per heavy atom. The van der Waals surface area contributed by atoms with Crippen LogP contribution in [0.25, 0.3) is 0 Å². The zero-order valence-electron chi connectivity index (χ0n) is 12.9. The monoisotopic (exact) mass is 311 g/mol. The minimum Gasteiger partial charge on any atom is -0.497 e. The molecular weight excluding hydrogens is 294 g/mol. The molecule has 1 aliphatic heterocycles. The highest BCUT2D eigenvalue weighted by Crippen LogP contribution is 2.41. The Labute approximate surface area is 134 Å². The Balaban J connectivity index is 1.94. The third kappa shape index (κ3) is 2.77. The lowest BCUT2D eigenvalue weighted by molar-refractivity contribution is -0.160. The molecule has 3 rings (SSSR count). The number of hydrogen-bond donors (Lipinski definition) is 0. The Hall–Kier alpha value is -2.82. The van der Waals surface area contributed by atoms with E-state index in [0.29, 0.717) is 0 Å². The lowest BCUT2D eigenvalue weighted by atomic mass is 9.89. The second-order valence-corrected chi connectivity index (χ2v) is 5.29. The average molecular weight is 311 g/mol. The van der Waals surface area contributed by atoms with Crippen LogP contribution in [0.3, 0.4) is 0 Å². The largest absolute Gasteiger partial charge is 0.497 e. The summed E-state index contributed by atoms with van der Waals surface area (Å²) in [6, 6.07) is 16.4. The van der Waals surface area contributed by atoms with E-state index in [0.717, 1.165) is 17.0 Å². The molecule has 2 aromatic carbocycles. The lowest BCUT2D eigenvalue weighted by Gasteiger charge is -2.46. The van der Waals surface area contributed by atoms with Gasteiger partial charge in [-0.05, 0) is 29.8 Å². The van der Waals surface area contributed by atoms with Gasteiger partial charge in [0, 0.05) is 12.6 Å². The lowest BCUT2D eigenvalue weighted by Crippen LogP contribution is -2.60. The summed E-state index contributed by atoms with van der Waals surface area (Å²) in [4.78, 5) is 25.4. The van der Waals surface area contributed by atoms with Gasteiger partial charge >= 0.3 is 5.97 Å². The SMILES string of the molecule is COc1ccc(N2C(=O)[C@H](OC(C)=O)[C@H]2c2ccccc2)cc1. The normalized spacial score (nSPS) is 19.9. The summed E-state index contributed by atoms with van der Waals surface area (Å²) in [6.45, 7) is 1.31. The Morgan fingerprint density at radius 1 is 1.04 bits per heavy atom. The molecule has 1 amide bonds.